The average molecular weight is 388 g/mol. The summed E-state index contributed by atoms with van der Waals surface area (Å²) >= 11 is 1.60. The van der Waals surface area contributed by atoms with Gasteiger partial charge in [0, 0.05) is 18.5 Å². The number of ether oxygens (including phenoxy) is 1. The molecule has 1 aromatic rings. The highest BCUT2D eigenvalue weighted by Crippen LogP contribution is 2.40. The van der Waals surface area contributed by atoms with E-state index in [1.54, 1.807) is 11.8 Å². The first-order chi connectivity index (χ1) is 12.2. The van der Waals surface area contributed by atoms with Crippen molar-refractivity contribution in [1.82, 2.24) is 5.32 Å². The number of rotatable bonds is 9. The zero-order chi connectivity index (χ0) is 19.3. The quantitative estimate of drug-likeness (QED) is 0.648. The molecule has 2 unspecified atom stereocenters. The van der Waals surface area contributed by atoms with E-state index in [1.165, 1.54) is 18.3 Å². The van der Waals surface area contributed by atoms with Gasteiger partial charge in [-0.3, -0.25) is 9.79 Å². The Labute approximate surface area is 155 Å². The first-order valence-electron chi connectivity index (χ1n) is 8.40. The van der Waals surface area contributed by atoms with Crippen molar-refractivity contribution in [3.8, 4) is 5.75 Å². The molecule has 1 aliphatic rings. The van der Waals surface area contributed by atoms with Crippen molar-refractivity contribution in [1.29, 1.82) is 0 Å². The molecule has 0 saturated carbocycles. The van der Waals surface area contributed by atoms with Gasteiger partial charge in [0.15, 0.2) is 6.10 Å². The molecule has 0 bridgehead atoms. The molecular formula is C18H23F3N2O2S. The van der Waals surface area contributed by atoms with Crippen LogP contribution >= 0.6 is 11.8 Å². The molecular weight excluding hydrogens is 365 g/mol. The van der Waals surface area contributed by atoms with Crippen molar-refractivity contribution >= 4 is 23.9 Å². The van der Waals surface area contributed by atoms with E-state index in [0.717, 1.165) is 11.8 Å². The van der Waals surface area contributed by atoms with Crippen LogP contribution < -0.4 is 10.1 Å². The standard InChI is InChI=1S/C18H23F3N2O2S/c1-11(2)8-16(17(24)22-6-7-26-3)25-12-4-5-13(15-10-23-15)14(9-12)18(19,20)21/h4-5,9-11,15-16H,6-8H2,1-3H3,(H,22,24). The molecule has 0 aromatic heterocycles. The number of nitrogens with zero attached hydrogens (tertiary/aromatic N) is 1. The highest BCUT2D eigenvalue weighted by atomic mass is 32.2. The van der Waals surface area contributed by atoms with Gasteiger partial charge in [-0.1, -0.05) is 19.9 Å². The Hall–Kier alpha value is -1.70. The Morgan fingerprint density at radius 1 is 1.38 bits per heavy atom. The third-order valence-corrected chi connectivity index (χ3v) is 4.42. The second kappa shape index (κ2) is 8.79. The Morgan fingerprint density at radius 2 is 2.08 bits per heavy atom. The molecule has 1 aliphatic heterocycles. The fourth-order valence-electron chi connectivity index (χ4n) is 2.51. The molecule has 1 N–H and O–H groups in total. The fourth-order valence-corrected chi connectivity index (χ4v) is 2.81. The van der Waals surface area contributed by atoms with E-state index < -0.39 is 23.9 Å². The highest BCUT2D eigenvalue weighted by Gasteiger charge is 2.37. The van der Waals surface area contributed by atoms with Crippen LogP contribution in [0.25, 0.3) is 0 Å². The Bertz CT molecular complexity index is 656. The molecule has 0 saturated heterocycles. The molecule has 8 heteroatoms. The molecule has 2 rings (SSSR count). The first kappa shape index (κ1) is 20.6. The Morgan fingerprint density at radius 3 is 2.62 bits per heavy atom. The van der Waals surface area contributed by atoms with Crippen LogP contribution in [0.5, 0.6) is 5.75 Å². The molecule has 2 atom stereocenters. The van der Waals surface area contributed by atoms with Crippen LogP contribution in [-0.4, -0.2) is 36.8 Å². The summed E-state index contributed by atoms with van der Waals surface area (Å²) < 4.78 is 45.7. The summed E-state index contributed by atoms with van der Waals surface area (Å²) in [5.41, 5.74) is -0.668. The smallest absolute Gasteiger partial charge is 0.416 e. The second-order valence-corrected chi connectivity index (χ2v) is 7.50. The zero-order valence-electron chi connectivity index (χ0n) is 15.0. The summed E-state index contributed by atoms with van der Waals surface area (Å²) in [5, 5.41) is 2.77. The maximum Gasteiger partial charge on any atom is 0.416 e. The van der Waals surface area contributed by atoms with Crippen LogP contribution in [0.4, 0.5) is 13.2 Å². The molecule has 1 amide bonds. The van der Waals surface area contributed by atoms with E-state index >= 15 is 0 Å². The molecule has 4 nitrogen and oxygen atoms in total. The predicted molar refractivity (Wildman–Crippen MR) is 97.9 cm³/mol. The lowest BCUT2D eigenvalue weighted by Crippen LogP contribution is -2.40. The summed E-state index contributed by atoms with van der Waals surface area (Å²) in [6, 6.07) is 3.28. The summed E-state index contributed by atoms with van der Waals surface area (Å²) in [4.78, 5) is 16.2. The van der Waals surface area contributed by atoms with Crippen molar-refractivity contribution in [2.24, 2.45) is 10.9 Å². The normalized spacial score (nSPS) is 17.3. The molecule has 0 fully saturated rings. The van der Waals surface area contributed by atoms with Gasteiger partial charge in [-0.15, -0.1) is 0 Å². The maximum atomic E-state index is 13.3. The molecule has 0 aliphatic carbocycles. The number of hydrogen-bond acceptors (Lipinski definition) is 4. The third-order valence-electron chi connectivity index (χ3n) is 3.81. The maximum absolute atomic E-state index is 13.3. The van der Waals surface area contributed by atoms with Gasteiger partial charge in [0.1, 0.15) is 11.8 Å². The lowest BCUT2D eigenvalue weighted by molar-refractivity contribution is -0.138. The number of carbonyl (C=O) groups is 1. The van der Waals surface area contributed by atoms with E-state index in [4.69, 9.17) is 4.74 Å². The van der Waals surface area contributed by atoms with Crippen molar-refractivity contribution in [2.45, 2.75) is 38.6 Å². The number of nitrogens with one attached hydrogen (secondary N) is 1. The Balaban J connectivity index is 2.17. The number of hydrogen-bond donors (Lipinski definition) is 1. The molecule has 144 valence electrons. The van der Waals surface area contributed by atoms with Crippen molar-refractivity contribution in [3.63, 3.8) is 0 Å². The number of amides is 1. The molecule has 26 heavy (non-hydrogen) atoms. The topological polar surface area (TPSA) is 50.7 Å². The van der Waals surface area contributed by atoms with Crippen molar-refractivity contribution in [3.05, 3.63) is 29.3 Å². The van der Waals surface area contributed by atoms with E-state index in [1.807, 2.05) is 20.1 Å². The number of aliphatic imine (C=N–C) groups is 1. The number of alkyl halides is 3. The average Bonchev–Trinajstić information content (AvgIpc) is 3.38. The van der Waals surface area contributed by atoms with Gasteiger partial charge in [-0.2, -0.15) is 24.9 Å². The van der Waals surface area contributed by atoms with Gasteiger partial charge in [-0.25, -0.2) is 0 Å². The molecule has 1 heterocycles. The monoisotopic (exact) mass is 388 g/mol. The fraction of sp³-hybridized carbons (Fsp3) is 0.556. The first-order valence-corrected chi connectivity index (χ1v) is 9.79. The Kier molecular flexibility index (Phi) is 6.97. The summed E-state index contributed by atoms with van der Waals surface area (Å²) in [5.74, 6) is 0.643. The van der Waals surface area contributed by atoms with E-state index in [0.29, 0.717) is 13.0 Å². The molecule has 1 aromatic carbocycles. The van der Waals surface area contributed by atoms with Gasteiger partial charge < -0.3 is 10.1 Å². The third kappa shape index (κ3) is 5.93. The number of thioether (sulfide) groups is 1. The van der Waals surface area contributed by atoms with Crippen LogP contribution in [0, 0.1) is 5.92 Å². The van der Waals surface area contributed by atoms with Gasteiger partial charge in [0.05, 0.1) is 5.56 Å². The number of halogens is 3. The summed E-state index contributed by atoms with van der Waals surface area (Å²) in [7, 11) is 0. The van der Waals surface area contributed by atoms with E-state index in [9.17, 15) is 18.0 Å². The van der Waals surface area contributed by atoms with Crippen LogP contribution in [0.15, 0.2) is 23.2 Å². The van der Waals surface area contributed by atoms with Crippen molar-refractivity contribution < 1.29 is 22.7 Å². The largest absolute Gasteiger partial charge is 0.481 e. The van der Waals surface area contributed by atoms with Gasteiger partial charge >= 0.3 is 6.18 Å². The summed E-state index contributed by atoms with van der Waals surface area (Å²) in [6.45, 7) is 4.35. The minimum atomic E-state index is -4.51. The summed E-state index contributed by atoms with van der Waals surface area (Å²) in [6.07, 6.45) is -1.53. The minimum absolute atomic E-state index is 0.0346. The lowest BCUT2D eigenvalue weighted by atomic mass is 10.0. The van der Waals surface area contributed by atoms with Gasteiger partial charge in [0.25, 0.3) is 5.91 Å². The zero-order valence-corrected chi connectivity index (χ0v) is 15.8. The second-order valence-electron chi connectivity index (χ2n) is 6.51. The van der Waals surface area contributed by atoms with Crippen LogP contribution in [-0.2, 0) is 11.0 Å². The van der Waals surface area contributed by atoms with Crippen LogP contribution in [0.2, 0.25) is 0 Å². The van der Waals surface area contributed by atoms with E-state index in [-0.39, 0.29) is 23.1 Å². The number of carbonyl (C=O) groups excluding carboxylic acids is 1. The van der Waals surface area contributed by atoms with E-state index in [2.05, 4.69) is 10.3 Å². The predicted octanol–water partition coefficient (Wildman–Crippen LogP) is 4.10. The lowest BCUT2D eigenvalue weighted by Gasteiger charge is -2.21. The van der Waals surface area contributed by atoms with Gasteiger partial charge in [0.2, 0.25) is 0 Å². The van der Waals surface area contributed by atoms with Crippen LogP contribution in [0.1, 0.15) is 37.4 Å². The van der Waals surface area contributed by atoms with Crippen molar-refractivity contribution in [2.75, 3.05) is 18.6 Å². The molecule has 0 radical (unpaired) electrons. The SMILES string of the molecule is CSCCNC(=O)C(CC(C)C)Oc1ccc(C2C=N2)c(C(F)(F)F)c1. The number of benzene rings is 1. The molecule has 0 spiro atoms. The van der Waals surface area contributed by atoms with Crippen LogP contribution in [0.3, 0.4) is 0 Å². The van der Waals surface area contributed by atoms with Gasteiger partial charge in [-0.05, 0) is 36.3 Å². The minimum Gasteiger partial charge on any atom is -0.481 e. The highest BCUT2D eigenvalue weighted by molar-refractivity contribution is 7.98.